The van der Waals surface area contributed by atoms with Crippen LogP contribution < -0.4 is 14.4 Å². The van der Waals surface area contributed by atoms with Crippen molar-refractivity contribution in [2.24, 2.45) is 0 Å². The zero-order valence-corrected chi connectivity index (χ0v) is 44.7. The standard InChI is InChI=1S/C61H43F3N2O6.C2H6.CH4O3S/c1-34-20-21-35(28-54(34)71-32-51-43-16-8-4-12-39(43)40-13-5-9-17-44(40)51)36-22-27-53(55(29-36)72-33-52-45-18-10-6-14-41(45)42-15-7-11-19-46(42)52)66-58(69)48-26-24-38(31-50(48)59(66)70)60(2,61(62,63)64)37-23-25-47-49(30-37)57(68)65(3)56(47)67;1-2;1-5(2,3)4/h4-31,51-52H,32-33H2,1-3H3;1-2H3;1H3,(H,2,3,4). The monoisotopic (exact) mass is 1080 g/mol. The molecule has 15 heteroatoms. The summed E-state index contributed by atoms with van der Waals surface area (Å²) < 4.78 is 85.8. The van der Waals surface area contributed by atoms with Gasteiger partial charge in [-0.25, -0.2) is 4.90 Å². The number of anilines is 1. The summed E-state index contributed by atoms with van der Waals surface area (Å²) in [5, 5.41) is 0. The van der Waals surface area contributed by atoms with Crippen molar-refractivity contribution in [1.82, 2.24) is 4.90 Å². The van der Waals surface area contributed by atoms with E-state index in [1.165, 1.54) is 53.6 Å². The first-order valence-corrected chi connectivity index (χ1v) is 27.4. The summed E-state index contributed by atoms with van der Waals surface area (Å²) in [5.74, 6) is -2.15. The van der Waals surface area contributed by atoms with E-state index in [0.717, 1.165) is 62.2 Å². The molecule has 0 saturated carbocycles. The van der Waals surface area contributed by atoms with Crippen molar-refractivity contribution in [3.63, 3.8) is 0 Å². The Kier molecular flexibility index (Phi) is 14.0. The number of ether oxygens (including phenoxy) is 2. The van der Waals surface area contributed by atoms with Gasteiger partial charge in [0.1, 0.15) is 16.9 Å². The maximum absolute atomic E-state index is 15.5. The number of imide groups is 2. The zero-order chi connectivity index (χ0) is 56.3. The molecule has 4 aliphatic rings. The topological polar surface area (TPSA) is 148 Å². The van der Waals surface area contributed by atoms with Crippen LogP contribution in [0.1, 0.15) is 113 Å². The molecule has 0 saturated heterocycles. The molecule has 0 spiro atoms. The summed E-state index contributed by atoms with van der Waals surface area (Å²) in [6.07, 6.45) is -4.23. The number of amides is 4. The number of rotatable bonds is 10. The maximum atomic E-state index is 15.5. The van der Waals surface area contributed by atoms with Gasteiger partial charge in [-0.15, -0.1) is 0 Å². The average molecular weight is 1080 g/mol. The molecule has 2 heterocycles. The fraction of sp³-hybridized carbons (Fsp3) is 0.188. The van der Waals surface area contributed by atoms with E-state index in [9.17, 15) is 27.6 Å². The number of carbonyl (C=O) groups excluding carboxylic acids is 4. The molecule has 2 aliphatic carbocycles. The second-order valence-corrected chi connectivity index (χ2v) is 21.2. The van der Waals surface area contributed by atoms with E-state index in [1.807, 2.05) is 87.5 Å². The molecule has 2 aliphatic heterocycles. The maximum Gasteiger partial charge on any atom is 0.402 e. The minimum atomic E-state index is -4.94. The molecule has 0 radical (unpaired) electrons. The van der Waals surface area contributed by atoms with Gasteiger partial charge in [0.15, 0.2) is 0 Å². The predicted octanol–water partition coefficient (Wildman–Crippen LogP) is 13.5. The SMILES string of the molecule is CC.CS(=O)(=O)O.Cc1ccc(-c2ccc(N3C(=O)c4ccc(C(C)(c5ccc6c(c5)C(=O)N(C)C6=O)C(F)(F)F)cc4C3=O)c(OCC3c4ccccc4-c4ccccc43)c2)cc1OCC1c2ccccc2-c2ccccc21. The lowest BCUT2D eigenvalue weighted by atomic mass is 9.74. The highest BCUT2D eigenvalue weighted by molar-refractivity contribution is 7.85. The molecule has 8 aromatic carbocycles. The van der Waals surface area contributed by atoms with Crippen LogP contribution in [0.15, 0.2) is 170 Å². The largest absolute Gasteiger partial charge is 0.492 e. The number of aryl methyl sites for hydroxylation is 1. The molecule has 1 unspecified atom stereocenters. The van der Waals surface area contributed by atoms with Crippen LogP contribution in [0.5, 0.6) is 11.5 Å². The quantitative estimate of drug-likeness (QED) is 0.104. The van der Waals surface area contributed by atoms with Crippen LogP contribution in [0.2, 0.25) is 0 Å². The molecule has 4 amide bonds. The first-order valence-electron chi connectivity index (χ1n) is 25.6. The third-order valence-electron chi connectivity index (χ3n) is 15.2. The summed E-state index contributed by atoms with van der Waals surface area (Å²) in [6.45, 7) is 7.49. The Bertz CT molecular complexity index is 3830. The molecule has 11 nitrogen and oxygen atoms in total. The fourth-order valence-corrected chi connectivity index (χ4v) is 11.1. The number of alkyl halides is 3. The van der Waals surface area contributed by atoms with Crippen LogP contribution >= 0.6 is 0 Å². The third kappa shape index (κ3) is 9.46. The van der Waals surface area contributed by atoms with E-state index < -0.39 is 45.3 Å². The lowest BCUT2D eigenvalue weighted by Crippen LogP contribution is -2.41. The lowest BCUT2D eigenvalue weighted by Gasteiger charge is -2.33. The van der Waals surface area contributed by atoms with Crippen LogP contribution in [-0.2, 0) is 15.5 Å². The van der Waals surface area contributed by atoms with Crippen molar-refractivity contribution >= 4 is 39.4 Å². The highest BCUT2D eigenvalue weighted by atomic mass is 32.2. The Morgan fingerprint density at radius 2 is 0.873 bits per heavy atom. The number of nitrogens with zero attached hydrogens (tertiary/aromatic N) is 2. The van der Waals surface area contributed by atoms with Crippen LogP contribution in [0.3, 0.4) is 0 Å². The predicted molar refractivity (Wildman–Crippen MR) is 297 cm³/mol. The van der Waals surface area contributed by atoms with E-state index >= 15 is 13.2 Å². The minimum absolute atomic E-state index is 0.0000125. The van der Waals surface area contributed by atoms with Crippen molar-refractivity contribution in [3.8, 4) is 44.9 Å². The average Bonchev–Trinajstić information content (AvgIpc) is 4.35. The van der Waals surface area contributed by atoms with Crippen LogP contribution in [0, 0.1) is 6.92 Å². The van der Waals surface area contributed by atoms with E-state index in [0.29, 0.717) is 24.2 Å². The molecule has 0 bridgehead atoms. The van der Waals surface area contributed by atoms with Gasteiger partial charge in [0.05, 0.1) is 47.4 Å². The van der Waals surface area contributed by atoms with Gasteiger partial charge < -0.3 is 9.47 Å². The Morgan fingerprint density at radius 1 is 0.506 bits per heavy atom. The minimum Gasteiger partial charge on any atom is -0.492 e. The molecule has 12 rings (SSSR count). The highest BCUT2D eigenvalue weighted by Crippen LogP contribution is 2.50. The molecular weight excluding hydrogens is 1030 g/mol. The van der Waals surface area contributed by atoms with E-state index in [1.54, 1.807) is 18.2 Å². The second-order valence-electron chi connectivity index (χ2n) is 19.7. The van der Waals surface area contributed by atoms with Crippen molar-refractivity contribution < 1.29 is 54.8 Å². The summed E-state index contributed by atoms with van der Waals surface area (Å²) >= 11 is 0. The summed E-state index contributed by atoms with van der Waals surface area (Å²) in [7, 11) is -2.40. The molecule has 79 heavy (non-hydrogen) atoms. The first kappa shape index (κ1) is 53.7. The van der Waals surface area contributed by atoms with E-state index in [-0.39, 0.29) is 63.3 Å². The number of benzene rings is 8. The smallest absolute Gasteiger partial charge is 0.402 e. The van der Waals surface area contributed by atoms with Crippen molar-refractivity contribution in [3.05, 3.63) is 231 Å². The van der Waals surface area contributed by atoms with Gasteiger partial charge in [0.2, 0.25) is 0 Å². The lowest BCUT2D eigenvalue weighted by molar-refractivity contribution is -0.173. The molecule has 8 aromatic rings. The first-order chi connectivity index (χ1) is 37.7. The van der Waals surface area contributed by atoms with Gasteiger partial charge in [-0.2, -0.15) is 21.6 Å². The number of fused-ring (bicyclic) bond motifs is 8. The number of hydrogen-bond acceptors (Lipinski definition) is 8. The van der Waals surface area contributed by atoms with Crippen LogP contribution in [0.25, 0.3) is 33.4 Å². The van der Waals surface area contributed by atoms with Crippen LogP contribution in [0.4, 0.5) is 18.9 Å². The molecule has 1 N–H and O–H groups in total. The summed E-state index contributed by atoms with van der Waals surface area (Å²) in [4.78, 5) is 56.6. The number of carbonyl (C=O) groups is 4. The molecule has 0 fully saturated rings. The summed E-state index contributed by atoms with van der Waals surface area (Å²) in [6, 6.07) is 51.1. The summed E-state index contributed by atoms with van der Waals surface area (Å²) in [5.41, 5.74) is 7.83. The van der Waals surface area contributed by atoms with Crippen molar-refractivity contribution in [1.29, 1.82) is 0 Å². The van der Waals surface area contributed by atoms with Gasteiger partial charge >= 0.3 is 6.18 Å². The Labute approximate surface area is 455 Å². The Hall–Kier alpha value is -8.66. The normalized spacial score (nSPS) is 15.0. The number of halogens is 3. The fourth-order valence-electron chi connectivity index (χ4n) is 11.1. The van der Waals surface area contributed by atoms with Gasteiger partial charge in [-0.1, -0.05) is 141 Å². The van der Waals surface area contributed by atoms with E-state index in [4.69, 9.17) is 14.0 Å². The zero-order valence-electron chi connectivity index (χ0n) is 43.9. The van der Waals surface area contributed by atoms with Crippen LogP contribution in [-0.4, -0.2) is 74.2 Å². The Morgan fingerprint density at radius 3 is 1.33 bits per heavy atom. The third-order valence-corrected chi connectivity index (χ3v) is 15.2. The van der Waals surface area contributed by atoms with Gasteiger partial charge in [-0.3, -0.25) is 28.6 Å². The van der Waals surface area contributed by atoms with Gasteiger partial charge in [0.25, 0.3) is 33.7 Å². The van der Waals surface area contributed by atoms with Crippen molar-refractivity contribution in [2.75, 3.05) is 31.4 Å². The molecular formula is C64H53F3N2O9S. The molecule has 400 valence electrons. The Balaban J connectivity index is 0.000000954. The number of hydrogen-bond donors (Lipinski definition) is 1. The van der Waals surface area contributed by atoms with Crippen molar-refractivity contribution in [2.45, 2.75) is 51.1 Å². The molecule has 0 aromatic heterocycles. The highest BCUT2D eigenvalue weighted by Gasteiger charge is 2.55. The molecule has 1 atom stereocenters. The second kappa shape index (κ2) is 20.6. The van der Waals surface area contributed by atoms with Gasteiger partial charge in [0, 0.05) is 18.9 Å². The van der Waals surface area contributed by atoms with E-state index in [2.05, 4.69) is 48.5 Å². The van der Waals surface area contributed by atoms with Gasteiger partial charge in [-0.05, 0) is 129 Å².